The first kappa shape index (κ1) is 21.5. The molecule has 3 aromatic carbocycles. The molecule has 0 saturated carbocycles. The van der Waals surface area contributed by atoms with Crippen LogP contribution < -0.4 is 10.1 Å². The van der Waals surface area contributed by atoms with E-state index in [0.717, 1.165) is 11.3 Å². The summed E-state index contributed by atoms with van der Waals surface area (Å²) in [5.41, 5.74) is 1.94. The number of rotatable bonds is 8. The second kappa shape index (κ2) is 9.56. The molecule has 7 heteroatoms. The minimum Gasteiger partial charge on any atom is -0.494 e. The predicted molar refractivity (Wildman–Crippen MR) is 117 cm³/mol. The van der Waals surface area contributed by atoms with Gasteiger partial charge in [-0.3, -0.25) is 4.79 Å². The minimum absolute atomic E-state index is 0.206. The van der Waals surface area contributed by atoms with E-state index in [-0.39, 0.29) is 17.3 Å². The molecule has 0 fully saturated rings. The van der Waals surface area contributed by atoms with Crippen LogP contribution in [0.2, 0.25) is 0 Å². The smallest absolute Gasteiger partial charge is 0.255 e. The lowest BCUT2D eigenvalue weighted by Crippen LogP contribution is -2.26. The Balaban J connectivity index is 1.63. The number of carbonyl (C=O) groups excluding carboxylic acids is 1. The molecule has 3 rings (SSSR count). The van der Waals surface area contributed by atoms with Crippen molar-refractivity contribution in [3.05, 3.63) is 90.0 Å². The molecule has 0 aromatic heterocycles. The van der Waals surface area contributed by atoms with E-state index in [4.69, 9.17) is 4.74 Å². The van der Waals surface area contributed by atoms with E-state index >= 15 is 0 Å². The molecule has 156 valence electrons. The van der Waals surface area contributed by atoms with Crippen LogP contribution in [0.15, 0.2) is 83.8 Å². The van der Waals surface area contributed by atoms with Gasteiger partial charge in [0.2, 0.25) is 10.0 Å². The molecule has 0 aliphatic rings. The van der Waals surface area contributed by atoms with Crippen LogP contribution >= 0.6 is 0 Å². The van der Waals surface area contributed by atoms with Gasteiger partial charge in [0.15, 0.2) is 0 Å². The van der Waals surface area contributed by atoms with Crippen molar-refractivity contribution in [1.82, 2.24) is 4.31 Å². The maximum atomic E-state index is 12.6. The van der Waals surface area contributed by atoms with Crippen LogP contribution in [-0.4, -0.2) is 32.3 Å². The number of nitrogens with zero attached hydrogens (tertiary/aromatic N) is 1. The minimum atomic E-state index is -3.57. The molecular formula is C23H24N2O4S. The largest absolute Gasteiger partial charge is 0.494 e. The van der Waals surface area contributed by atoms with E-state index in [1.165, 1.54) is 11.4 Å². The van der Waals surface area contributed by atoms with Gasteiger partial charge in [-0.2, -0.15) is 4.31 Å². The Bertz CT molecular complexity index is 1080. The highest BCUT2D eigenvalue weighted by Crippen LogP contribution is 2.18. The molecule has 1 N–H and O–H groups in total. The maximum Gasteiger partial charge on any atom is 0.255 e. The number of carbonyl (C=O) groups is 1. The third kappa shape index (κ3) is 5.25. The molecule has 0 heterocycles. The highest BCUT2D eigenvalue weighted by molar-refractivity contribution is 7.89. The van der Waals surface area contributed by atoms with Gasteiger partial charge in [0.05, 0.1) is 11.5 Å². The van der Waals surface area contributed by atoms with Crippen molar-refractivity contribution in [3.8, 4) is 5.75 Å². The van der Waals surface area contributed by atoms with Crippen LogP contribution in [0.5, 0.6) is 5.75 Å². The van der Waals surface area contributed by atoms with E-state index in [0.29, 0.717) is 17.9 Å². The van der Waals surface area contributed by atoms with Gasteiger partial charge >= 0.3 is 0 Å². The first-order valence-corrected chi connectivity index (χ1v) is 11.0. The number of sulfonamides is 1. The SMILES string of the molecule is CCOc1ccc(NC(=O)c2ccc(CN(C)S(=O)(=O)c3ccccc3)cc2)cc1. The fourth-order valence-electron chi connectivity index (χ4n) is 2.88. The first-order chi connectivity index (χ1) is 14.4. The molecule has 3 aromatic rings. The van der Waals surface area contributed by atoms with E-state index in [9.17, 15) is 13.2 Å². The van der Waals surface area contributed by atoms with Crippen molar-refractivity contribution in [3.63, 3.8) is 0 Å². The summed E-state index contributed by atoms with van der Waals surface area (Å²) >= 11 is 0. The van der Waals surface area contributed by atoms with Crippen LogP contribution in [0.4, 0.5) is 5.69 Å². The monoisotopic (exact) mass is 424 g/mol. The van der Waals surface area contributed by atoms with Gasteiger partial charge in [0.1, 0.15) is 5.75 Å². The molecule has 0 unspecified atom stereocenters. The summed E-state index contributed by atoms with van der Waals surface area (Å²) in [6, 6.07) is 22.3. The van der Waals surface area contributed by atoms with E-state index in [1.54, 1.807) is 78.9 Å². The van der Waals surface area contributed by atoms with Gasteiger partial charge < -0.3 is 10.1 Å². The molecule has 0 atom stereocenters. The van der Waals surface area contributed by atoms with Crippen LogP contribution in [0, 0.1) is 0 Å². The fraction of sp³-hybridized carbons (Fsp3) is 0.174. The van der Waals surface area contributed by atoms with Crippen LogP contribution in [0.25, 0.3) is 0 Å². The predicted octanol–water partition coefficient (Wildman–Crippen LogP) is 4.16. The van der Waals surface area contributed by atoms with Crippen molar-refractivity contribution >= 4 is 21.6 Å². The topological polar surface area (TPSA) is 75.7 Å². The molecule has 1 amide bonds. The van der Waals surface area contributed by atoms with E-state index in [1.807, 2.05) is 6.92 Å². The molecule has 0 aliphatic carbocycles. The van der Waals surface area contributed by atoms with Crippen molar-refractivity contribution in [2.24, 2.45) is 0 Å². The zero-order valence-electron chi connectivity index (χ0n) is 16.9. The van der Waals surface area contributed by atoms with Crippen LogP contribution in [0.3, 0.4) is 0 Å². The van der Waals surface area contributed by atoms with Gasteiger partial charge in [-0.1, -0.05) is 30.3 Å². The molecule has 0 spiro atoms. The Morgan fingerprint density at radius 1 is 0.933 bits per heavy atom. The third-order valence-electron chi connectivity index (χ3n) is 4.50. The lowest BCUT2D eigenvalue weighted by Gasteiger charge is -2.17. The van der Waals surface area contributed by atoms with Crippen molar-refractivity contribution in [2.75, 3.05) is 19.0 Å². The van der Waals surface area contributed by atoms with Crippen molar-refractivity contribution in [2.45, 2.75) is 18.4 Å². The Labute approximate surface area is 177 Å². The van der Waals surface area contributed by atoms with Crippen LogP contribution in [-0.2, 0) is 16.6 Å². The standard InChI is InChI=1S/C23H24N2O4S/c1-3-29-21-15-13-20(14-16-21)24-23(26)19-11-9-18(10-12-19)17-25(2)30(27,28)22-7-5-4-6-8-22/h4-16H,3,17H2,1-2H3,(H,24,26). The molecular weight excluding hydrogens is 400 g/mol. The molecule has 0 bridgehead atoms. The number of amides is 1. The lowest BCUT2D eigenvalue weighted by atomic mass is 10.1. The molecule has 30 heavy (non-hydrogen) atoms. The number of benzene rings is 3. The molecule has 0 aliphatic heterocycles. The van der Waals surface area contributed by atoms with Gasteiger partial charge in [0, 0.05) is 24.8 Å². The highest BCUT2D eigenvalue weighted by Gasteiger charge is 2.20. The summed E-state index contributed by atoms with van der Waals surface area (Å²) in [5, 5.41) is 2.83. The quantitative estimate of drug-likeness (QED) is 0.589. The third-order valence-corrected chi connectivity index (χ3v) is 6.31. The molecule has 0 saturated heterocycles. The maximum absolute atomic E-state index is 12.6. The second-order valence-corrected chi connectivity index (χ2v) is 8.73. The average Bonchev–Trinajstić information content (AvgIpc) is 2.76. The Kier molecular flexibility index (Phi) is 6.87. The number of nitrogens with one attached hydrogen (secondary N) is 1. The lowest BCUT2D eigenvalue weighted by molar-refractivity contribution is 0.102. The summed E-state index contributed by atoms with van der Waals surface area (Å²) in [7, 11) is -2.03. The van der Waals surface area contributed by atoms with E-state index < -0.39 is 10.0 Å². The Morgan fingerprint density at radius 3 is 2.17 bits per heavy atom. The second-order valence-electron chi connectivity index (χ2n) is 6.68. The summed E-state index contributed by atoms with van der Waals surface area (Å²) in [4.78, 5) is 12.7. The fourth-order valence-corrected chi connectivity index (χ4v) is 4.06. The van der Waals surface area contributed by atoms with Gasteiger partial charge in [-0.25, -0.2) is 8.42 Å². The normalized spacial score (nSPS) is 11.3. The van der Waals surface area contributed by atoms with Crippen molar-refractivity contribution < 1.29 is 17.9 Å². The number of ether oxygens (including phenoxy) is 1. The van der Waals surface area contributed by atoms with Gasteiger partial charge in [0.25, 0.3) is 5.91 Å². The zero-order valence-corrected chi connectivity index (χ0v) is 17.7. The number of anilines is 1. The highest BCUT2D eigenvalue weighted by atomic mass is 32.2. The molecule has 6 nitrogen and oxygen atoms in total. The summed E-state index contributed by atoms with van der Waals surface area (Å²) in [6.45, 7) is 2.70. The summed E-state index contributed by atoms with van der Waals surface area (Å²) in [5.74, 6) is 0.505. The van der Waals surface area contributed by atoms with Crippen LogP contribution in [0.1, 0.15) is 22.8 Å². The van der Waals surface area contributed by atoms with E-state index in [2.05, 4.69) is 5.32 Å². The van der Waals surface area contributed by atoms with Gasteiger partial charge in [-0.05, 0) is 61.0 Å². The average molecular weight is 425 g/mol. The Hall–Kier alpha value is -3.16. The summed E-state index contributed by atoms with van der Waals surface area (Å²) < 4.78 is 31.9. The Morgan fingerprint density at radius 2 is 1.57 bits per heavy atom. The zero-order chi connectivity index (χ0) is 21.6. The van der Waals surface area contributed by atoms with Crippen molar-refractivity contribution in [1.29, 1.82) is 0 Å². The first-order valence-electron chi connectivity index (χ1n) is 9.54. The number of hydrogen-bond donors (Lipinski definition) is 1. The number of hydrogen-bond acceptors (Lipinski definition) is 4. The van der Waals surface area contributed by atoms with Gasteiger partial charge in [-0.15, -0.1) is 0 Å². The summed E-state index contributed by atoms with van der Waals surface area (Å²) in [6.07, 6.45) is 0. The molecule has 0 radical (unpaired) electrons.